The number of benzene rings is 1. The molecular weight excluding hydrogens is 219 g/mol. The van der Waals surface area contributed by atoms with Crippen molar-refractivity contribution >= 4 is 5.69 Å². The molecule has 0 aliphatic rings. The summed E-state index contributed by atoms with van der Waals surface area (Å²) in [6.07, 6.45) is 0.331. The molecule has 1 aromatic rings. The van der Waals surface area contributed by atoms with Gasteiger partial charge in [-0.1, -0.05) is 12.1 Å². The summed E-state index contributed by atoms with van der Waals surface area (Å²) in [5.74, 6) is -0.358. The van der Waals surface area contributed by atoms with Crippen LogP contribution in [-0.2, 0) is 6.61 Å². The van der Waals surface area contributed by atoms with E-state index in [4.69, 9.17) is 5.26 Å². The summed E-state index contributed by atoms with van der Waals surface area (Å²) < 4.78 is 13.8. The van der Waals surface area contributed by atoms with Gasteiger partial charge in [0.1, 0.15) is 5.82 Å². The number of para-hydroxylation sites is 1. The molecule has 4 heteroatoms. The molecule has 0 heterocycles. The first-order chi connectivity index (χ1) is 8.11. The van der Waals surface area contributed by atoms with Crippen molar-refractivity contribution in [3.8, 4) is 6.07 Å². The third-order valence-corrected chi connectivity index (χ3v) is 2.62. The van der Waals surface area contributed by atoms with Crippen LogP contribution in [0, 0.1) is 17.1 Å². The first kappa shape index (κ1) is 13.5. The highest BCUT2D eigenvalue weighted by molar-refractivity contribution is 5.55. The molecule has 0 atom stereocenters. The normalized spacial score (nSPS) is 10.4. The van der Waals surface area contributed by atoms with Gasteiger partial charge < -0.3 is 10.0 Å². The lowest BCUT2D eigenvalue weighted by Gasteiger charge is -2.30. The average Bonchev–Trinajstić information content (AvgIpc) is 2.30. The number of aliphatic hydroxyl groups is 1. The number of hydrogen-bond donors (Lipinski definition) is 1. The molecule has 0 unspecified atom stereocenters. The smallest absolute Gasteiger partial charge is 0.146 e. The van der Waals surface area contributed by atoms with Gasteiger partial charge in [-0.05, 0) is 19.9 Å². The van der Waals surface area contributed by atoms with Crippen molar-refractivity contribution in [2.75, 3.05) is 11.4 Å². The SMILES string of the molecule is CC(C)N(CCC#N)c1c(F)cccc1CO. The summed E-state index contributed by atoms with van der Waals surface area (Å²) in [4.78, 5) is 1.81. The van der Waals surface area contributed by atoms with Crippen LogP contribution in [0.2, 0.25) is 0 Å². The molecule has 0 fully saturated rings. The number of nitriles is 1. The summed E-state index contributed by atoms with van der Waals surface area (Å²) in [6, 6.07) is 6.77. The average molecular weight is 236 g/mol. The summed E-state index contributed by atoms with van der Waals surface area (Å²) >= 11 is 0. The minimum atomic E-state index is -0.358. The minimum absolute atomic E-state index is 0.0746. The number of hydrogen-bond acceptors (Lipinski definition) is 3. The van der Waals surface area contributed by atoms with E-state index < -0.39 is 0 Å². The van der Waals surface area contributed by atoms with Crippen molar-refractivity contribution in [3.05, 3.63) is 29.6 Å². The predicted octanol–water partition coefficient (Wildman–Crippen LogP) is 2.45. The van der Waals surface area contributed by atoms with E-state index in [0.29, 0.717) is 24.2 Å². The number of anilines is 1. The highest BCUT2D eigenvalue weighted by atomic mass is 19.1. The monoisotopic (exact) mass is 236 g/mol. The number of aliphatic hydroxyl groups excluding tert-OH is 1. The van der Waals surface area contributed by atoms with Crippen LogP contribution in [0.3, 0.4) is 0 Å². The first-order valence-corrected chi connectivity index (χ1v) is 5.63. The molecule has 17 heavy (non-hydrogen) atoms. The van der Waals surface area contributed by atoms with Crippen LogP contribution in [0.25, 0.3) is 0 Å². The number of nitrogens with zero attached hydrogens (tertiary/aromatic N) is 2. The molecule has 0 saturated heterocycles. The maximum absolute atomic E-state index is 13.8. The van der Waals surface area contributed by atoms with E-state index in [-0.39, 0.29) is 18.5 Å². The Balaban J connectivity index is 3.13. The summed E-state index contributed by atoms with van der Waals surface area (Å²) in [7, 11) is 0. The maximum Gasteiger partial charge on any atom is 0.146 e. The molecule has 0 aliphatic carbocycles. The Bertz CT molecular complexity index is 412. The van der Waals surface area contributed by atoms with Crippen LogP contribution >= 0.6 is 0 Å². The molecule has 0 bridgehead atoms. The summed E-state index contributed by atoms with van der Waals surface area (Å²) in [5.41, 5.74) is 0.955. The fourth-order valence-corrected chi connectivity index (χ4v) is 1.81. The van der Waals surface area contributed by atoms with Gasteiger partial charge in [0.15, 0.2) is 0 Å². The third kappa shape index (κ3) is 3.18. The fraction of sp³-hybridized carbons (Fsp3) is 0.462. The third-order valence-electron chi connectivity index (χ3n) is 2.62. The van der Waals surface area contributed by atoms with E-state index in [1.54, 1.807) is 12.1 Å². The second-order valence-electron chi connectivity index (χ2n) is 4.10. The summed E-state index contributed by atoms with van der Waals surface area (Å²) in [6.45, 7) is 4.13. The molecule has 0 saturated carbocycles. The van der Waals surface area contributed by atoms with Crippen molar-refractivity contribution in [1.29, 1.82) is 5.26 Å². The minimum Gasteiger partial charge on any atom is -0.392 e. The van der Waals surface area contributed by atoms with E-state index in [1.807, 2.05) is 18.7 Å². The zero-order valence-electron chi connectivity index (χ0n) is 10.2. The van der Waals surface area contributed by atoms with Crippen molar-refractivity contribution in [3.63, 3.8) is 0 Å². The van der Waals surface area contributed by atoms with Crippen LogP contribution in [0.15, 0.2) is 18.2 Å². The van der Waals surface area contributed by atoms with Crippen LogP contribution < -0.4 is 4.90 Å². The topological polar surface area (TPSA) is 47.3 Å². The lowest BCUT2D eigenvalue weighted by atomic mass is 10.1. The second kappa shape index (κ2) is 6.21. The van der Waals surface area contributed by atoms with Crippen molar-refractivity contribution in [2.45, 2.75) is 32.9 Å². The quantitative estimate of drug-likeness (QED) is 0.854. The molecule has 3 nitrogen and oxygen atoms in total. The maximum atomic E-state index is 13.8. The molecule has 0 spiro atoms. The number of halogens is 1. The molecule has 0 aromatic heterocycles. The van der Waals surface area contributed by atoms with Crippen LogP contribution in [-0.4, -0.2) is 17.7 Å². The van der Waals surface area contributed by atoms with E-state index in [9.17, 15) is 9.50 Å². The molecule has 0 radical (unpaired) electrons. The van der Waals surface area contributed by atoms with E-state index in [1.165, 1.54) is 6.07 Å². The van der Waals surface area contributed by atoms with Crippen molar-refractivity contribution in [2.24, 2.45) is 0 Å². The van der Waals surface area contributed by atoms with Crippen molar-refractivity contribution in [1.82, 2.24) is 0 Å². The molecule has 1 N–H and O–H groups in total. The van der Waals surface area contributed by atoms with Gasteiger partial charge in [-0.3, -0.25) is 0 Å². The van der Waals surface area contributed by atoms with E-state index in [2.05, 4.69) is 6.07 Å². The second-order valence-corrected chi connectivity index (χ2v) is 4.10. The van der Waals surface area contributed by atoms with Gasteiger partial charge in [0.2, 0.25) is 0 Å². The first-order valence-electron chi connectivity index (χ1n) is 5.63. The zero-order chi connectivity index (χ0) is 12.8. The Morgan fingerprint density at radius 3 is 2.71 bits per heavy atom. The predicted molar refractivity (Wildman–Crippen MR) is 65.0 cm³/mol. The van der Waals surface area contributed by atoms with E-state index >= 15 is 0 Å². The molecule has 0 amide bonds. The van der Waals surface area contributed by atoms with Crippen LogP contribution in [0.5, 0.6) is 0 Å². The standard InChI is InChI=1S/C13H17FN2O/c1-10(2)16(8-4-7-15)13-11(9-17)5-3-6-12(13)14/h3,5-6,10,17H,4,8-9H2,1-2H3. The van der Waals surface area contributed by atoms with E-state index in [0.717, 1.165) is 0 Å². The van der Waals surface area contributed by atoms with Gasteiger partial charge in [0.25, 0.3) is 0 Å². The van der Waals surface area contributed by atoms with Gasteiger partial charge in [0.05, 0.1) is 24.8 Å². The van der Waals surface area contributed by atoms with Crippen LogP contribution in [0.1, 0.15) is 25.8 Å². The van der Waals surface area contributed by atoms with Crippen molar-refractivity contribution < 1.29 is 9.50 Å². The van der Waals surface area contributed by atoms with Gasteiger partial charge in [0, 0.05) is 18.2 Å². The molecular formula is C13H17FN2O. The largest absolute Gasteiger partial charge is 0.392 e. The molecule has 92 valence electrons. The Morgan fingerprint density at radius 2 is 2.18 bits per heavy atom. The highest BCUT2D eigenvalue weighted by Crippen LogP contribution is 2.26. The fourth-order valence-electron chi connectivity index (χ4n) is 1.81. The Kier molecular flexibility index (Phi) is 4.92. The Hall–Kier alpha value is -1.60. The lowest BCUT2D eigenvalue weighted by molar-refractivity contribution is 0.281. The Morgan fingerprint density at radius 1 is 1.47 bits per heavy atom. The van der Waals surface area contributed by atoms with Gasteiger partial charge in [-0.15, -0.1) is 0 Å². The highest BCUT2D eigenvalue weighted by Gasteiger charge is 2.17. The molecule has 1 rings (SSSR count). The van der Waals surface area contributed by atoms with Gasteiger partial charge in [-0.25, -0.2) is 4.39 Å². The lowest BCUT2D eigenvalue weighted by Crippen LogP contribution is -2.33. The molecule has 1 aromatic carbocycles. The van der Waals surface area contributed by atoms with Crippen LogP contribution in [0.4, 0.5) is 10.1 Å². The zero-order valence-corrected chi connectivity index (χ0v) is 10.2. The number of rotatable bonds is 5. The summed E-state index contributed by atoms with van der Waals surface area (Å²) in [5, 5.41) is 17.9. The van der Waals surface area contributed by atoms with Gasteiger partial charge >= 0.3 is 0 Å². The molecule has 0 aliphatic heterocycles. The Labute approximate surface area is 101 Å². The van der Waals surface area contributed by atoms with Gasteiger partial charge in [-0.2, -0.15) is 5.26 Å².